The third-order valence-electron chi connectivity index (χ3n) is 3.33. The van der Waals surface area contributed by atoms with Crippen LogP contribution in [0.3, 0.4) is 0 Å². The third kappa shape index (κ3) is 2.60. The molecule has 0 atom stereocenters. The van der Waals surface area contributed by atoms with E-state index in [1.807, 2.05) is 12.3 Å². The normalized spacial score (nSPS) is 14.7. The van der Waals surface area contributed by atoms with Crippen LogP contribution in [-0.2, 0) is 6.42 Å². The zero-order chi connectivity index (χ0) is 13.4. The van der Waals surface area contributed by atoms with Crippen molar-refractivity contribution in [2.24, 2.45) is 0 Å². The Morgan fingerprint density at radius 2 is 2.16 bits per heavy atom. The van der Waals surface area contributed by atoms with Gasteiger partial charge in [-0.1, -0.05) is 18.5 Å². The summed E-state index contributed by atoms with van der Waals surface area (Å²) in [5.41, 5.74) is 3.30. The molecular formula is C14H13ClIN3. The number of nitrogens with zero attached hydrogens (tertiary/aromatic N) is 3. The molecule has 0 N–H and O–H groups in total. The fourth-order valence-corrected chi connectivity index (χ4v) is 2.97. The van der Waals surface area contributed by atoms with E-state index in [1.165, 1.54) is 12.8 Å². The molecule has 0 aromatic carbocycles. The zero-order valence-electron chi connectivity index (χ0n) is 10.5. The first-order valence-corrected chi connectivity index (χ1v) is 7.82. The summed E-state index contributed by atoms with van der Waals surface area (Å²) in [7, 11) is 0. The lowest BCUT2D eigenvalue weighted by Crippen LogP contribution is -2.01. The van der Waals surface area contributed by atoms with Crippen LogP contribution in [-0.4, -0.2) is 15.0 Å². The van der Waals surface area contributed by atoms with Crippen LogP contribution in [0.15, 0.2) is 18.5 Å². The molecule has 0 radical (unpaired) electrons. The Kier molecular flexibility index (Phi) is 3.71. The molecule has 2 heterocycles. The van der Waals surface area contributed by atoms with Gasteiger partial charge >= 0.3 is 0 Å². The van der Waals surface area contributed by atoms with Crippen LogP contribution in [0.25, 0.3) is 11.4 Å². The van der Waals surface area contributed by atoms with Gasteiger partial charge in [-0.25, -0.2) is 9.97 Å². The van der Waals surface area contributed by atoms with Crippen LogP contribution in [0.2, 0.25) is 5.15 Å². The van der Waals surface area contributed by atoms with E-state index in [1.54, 1.807) is 6.20 Å². The predicted octanol–water partition coefficient (Wildman–Crippen LogP) is 4.24. The topological polar surface area (TPSA) is 38.7 Å². The number of hydrogen-bond acceptors (Lipinski definition) is 3. The molecule has 1 saturated carbocycles. The number of halogens is 2. The first kappa shape index (κ1) is 13.2. The summed E-state index contributed by atoms with van der Waals surface area (Å²) < 4.78 is 0.998. The van der Waals surface area contributed by atoms with E-state index in [2.05, 4.69) is 39.5 Å². The number of aryl methyl sites for hydroxylation is 1. The van der Waals surface area contributed by atoms with E-state index in [9.17, 15) is 0 Å². The summed E-state index contributed by atoms with van der Waals surface area (Å²) in [6.07, 6.45) is 6.98. The van der Waals surface area contributed by atoms with Gasteiger partial charge in [0.25, 0.3) is 0 Å². The molecule has 0 aliphatic heterocycles. The molecule has 1 fully saturated rings. The zero-order valence-corrected chi connectivity index (χ0v) is 13.4. The van der Waals surface area contributed by atoms with E-state index < -0.39 is 0 Å². The fraction of sp³-hybridized carbons (Fsp3) is 0.357. The highest BCUT2D eigenvalue weighted by atomic mass is 127. The van der Waals surface area contributed by atoms with Crippen LogP contribution in [0, 0.1) is 3.57 Å². The van der Waals surface area contributed by atoms with Crippen molar-refractivity contribution in [2.45, 2.75) is 32.1 Å². The van der Waals surface area contributed by atoms with Gasteiger partial charge in [0.1, 0.15) is 5.15 Å². The van der Waals surface area contributed by atoms with Gasteiger partial charge in [-0.3, -0.25) is 4.98 Å². The molecule has 0 saturated heterocycles. The second-order valence-corrected chi connectivity index (χ2v) is 6.13. The fourth-order valence-electron chi connectivity index (χ4n) is 2.11. The molecule has 5 heteroatoms. The van der Waals surface area contributed by atoms with Gasteiger partial charge in [0, 0.05) is 23.9 Å². The Labute approximate surface area is 131 Å². The molecule has 1 aliphatic rings. The van der Waals surface area contributed by atoms with E-state index >= 15 is 0 Å². The second-order valence-electron chi connectivity index (χ2n) is 4.70. The maximum Gasteiger partial charge on any atom is 0.161 e. The molecular weight excluding hydrogens is 373 g/mol. The molecule has 2 aromatic heterocycles. The van der Waals surface area contributed by atoms with E-state index in [4.69, 9.17) is 16.6 Å². The lowest BCUT2D eigenvalue weighted by atomic mass is 10.1. The Hall–Kier alpha value is -0.750. The van der Waals surface area contributed by atoms with Crippen molar-refractivity contribution in [2.75, 3.05) is 0 Å². The second kappa shape index (κ2) is 5.32. The first-order valence-electron chi connectivity index (χ1n) is 6.37. The van der Waals surface area contributed by atoms with Gasteiger partial charge in [0.05, 0.1) is 9.26 Å². The minimum absolute atomic E-state index is 0.561. The molecule has 3 rings (SSSR count). The summed E-state index contributed by atoms with van der Waals surface area (Å²) in [4.78, 5) is 13.3. The Balaban J connectivity index is 2.14. The van der Waals surface area contributed by atoms with Crippen molar-refractivity contribution in [3.05, 3.63) is 38.4 Å². The van der Waals surface area contributed by atoms with Crippen molar-refractivity contribution in [3.63, 3.8) is 0 Å². The van der Waals surface area contributed by atoms with Crippen LogP contribution >= 0.6 is 34.2 Å². The summed E-state index contributed by atoms with van der Waals surface area (Å²) in [6, 6.07) is 1.97. The highest BCUT2D eigenvalue weighted by Crippen LogP contribution is 2.42. The molecule has 19 heavy (non-hydrogen) atoms. The van der Waals surface area contributed by atoms with Gasteiger partial charge in [-0.15, -0.1) is 0 Å². The maximum absolute atomic E-state index is 6.26. The largest absolute Gasteiger partial charge is 0.264 e. The summed E-state index contributed by atoms with van der Waals surface area (Å²) in [5, 5.41) is 0.561. The Morgan fingerprint density at radius 1 is 1.37 bits per heavy atom. The molecule has 98 valence electrons. The average molecular weight is 386 g/mol. The van der Waals surface area contributed by atoms with Gasteiger partial charge in [0.15, 0.2) is 5.82 Å². The molecule has 0 amide bonds. The summed E-state index contributed by atoms with van der Waals surface area (Å²) >= 11 is 8.51. The highest BCUT2D eigenvalue weighted by Gasteiger charge is 2.29. The SMILES string of the molecule is CCc1cnccc1-c1nc(Cl)c(I)c(C2CC2)n1. The minimum Gasteiger partial charge on any atom is -0.264 e. The smallest absolute Gasteiger partial charge is 0.161 e. The number of aromatic nitrogens is 3. The molecule has 2 aromatic rings. The summed E-state index contributed by atoms with van der Waals surface area (Å²) in [6.45, 7) is 2.11. The van der Waals surface area contributed by atoms with Crippen molar-refractivity contribution in [3.8, 4) is 11.4 Å². The lowest BCUT2D eigenvalue weighted by molar-refractivity contribution is 0.972. The van der Waals surface area contributed by atoms with Gasteiger partial charge < -0.3 is 0 Å². The minimum atomic E-state index is 0.561. The highest BCUT2D eigenvalue weighted by molar-refractivity contribution is 14.1. The first-order chi connectivity index (χ1) is 9.20. The van der Waals surface area contributed by atoms with E-state index in [0.29, 0.717) is 11.1 Å². The quantitative estimate of drug-likeness (QED) is 0.586. The van der Waals surface area contributed by atoms with Gasteiger partial charge in [-0.05, 0) is 53.5 Å². The molecule has 0 bridgehead atoms. The van der Waals surface area contributed by atoms with Crippen molar-refractivity contribution in [1.82, 2.24) is 15.0 Å². The van der Waals surface area contributed by atoms with Crippen molar-refractivity contribution < 1.29 is 0 Å². The lowest BCUT2D eigenvalue weighted by Gasteiger charge is -2.10. The van der Waals surface area contributed by atoms with E-state index in [0.717, 1.165) is 32.6 Å². The standard InChI is InChI=1S/C14H13ClIN3/c1-2-8-7-17-6-5-10(8)14-18-12(9-3-4-9)11(16)13(15)19-14/h5-7,9H,2-4H2,1H3. The van der Waals surface area contributed by atoms with Gasteiger partial charge in [-0.2, -0.15) is 0 Å². The third-order valence-corrected chi connectivity index (χ3v) is 4.98. The summed E-state index contributed by atoms with van der Waals surface area (Å²) in [5.74, 6) is 1.30. The average Bonchev–Trinajstić information content (AvgIpc) is 3.26. The van der Waals surface area contributed by atoms with Crippen LogP contribution in [0.5, 0.6) is 0 Å². The van der Waals surface area contributed by atoms with Crippen molar-refractivity contribution >= 4 is 34.2 Å². The molecule has 0 spiro atoms. The molecule has 0 unspecified atom stereocenters. The maximum atomic E-state index is 6.26. The predicted molar refractivity (Wildman–Crippen MR) is 84.3 cm³/mol. The molecule has 1 aliphatic carbocycles. The van der Waals surface area contributed by atoms with Crippen LogP contribution < -0.4 is 0 Å². The number of hydrogen-bond donors (Lipinski definition) is 0. The van der Waals surface area contributed by atoms with E-state index in [-0.39, 0.29) is 0 Å². The Morgan fingerprint density at radius 3 is 2.84 bits per heavy atom. The number of pyridine rings is 1. The van der Waals surface area contributed by atoms with Crippen LogP contribution in [0.4, 0.5) is 0 Å². The molecule has 3 nitrogen and oxygen atoms in total. The van der Waals surface area contributed by atoms with Gasteiger partial charge in [0.2, 0.25) is 0 Å². The van der Waals surface area contributed by atoms with Crippen molar-refractivity contribution in [1.29, 1.82) is 0 Å². The number of rotatable bonds is 3. The van der Waals surface area contributed by atoms with Crippen LogP contribution in [0.1, 0.15) is 36.9 Å². The Bertz CT molecular complexity index is 626. The monoisotopic (exact) mass is 385 g/mol.